The van der Waals surface area contributed by atoms with Crippen molar-refractivity contribution in [3.05, 3.63) is 35.9 Å². The molecule has 0 saturated heterocycles. The summed E-state index contributed by atoms with van der Waals surface area (Å²) in [5.41, 5.74) is 3.15. The Kier molecular flexibility index (Phi) is 14.3. The summed E-state index contributed by atoms with van der Waals surface area (Å²) in [5.74, 6) is 1.16. The first-order valence-electron chi connectivity index (χ1n) is 10.8. The first-order chi connectivity index (χ1) is 15.7. The van der Waals surface area contributed by atoms with Gasteiger partial charge < -0.3 is 29.5 Å². The zero-order valence-corrected chi connectivity index (χ0v) is 20.6. The van der Waals surface area contributed by atoms with E-state index in [9.17, 15) is 9.59 Å². The van der Waals surface area contributed by atoms with E-state index in [0.29, 0.717) is 24.6 Å². The molecule has 1 aromatic carbocycles. The van der Waals surface area contributed by atoms with Crippen LogP contribution < -0.4 is 20.3 Å². The second-order valence-electron chi connectivity index (χ2n) is 7.71. The molecule has 0 saturated carbocycles. The Morgan fingerprint density at radius 2 is 1.97 bits per heavy atom. The maximum absolute atomic E-state index is 12.2. The van der Waals surface area contributed by atoms with Gasteiger partial charge in [-0.05, 0) is 42.9 Å². The first-order valence-corrected chi connectivity index (χ1v) is 12.0. The van der Waals surface area contributed by atoms with Crippen LogP contribution in [-0.4, -0.2) is 53.9 Å². The van der Waals surface area contributed by atoms with Crippen molar-refractivity contribution >= 4 is 20.6 Å². The van der Waals surface area contributed by atoms with Crippen LogP contribution in [0.5, 0.6) is 11.5 Å². The van der Waals surface area contributed by atoms with Gasteiger partial charge in [0.05, 0.1) is 7.11 Å². The highest BCUT2D eigenvalue weighted by atomic mass is 31.2. The summed E-state index contributed by atoms with van der Waals surface area (Å²) in [6.45, 7) is 5.01. The largest absolute Gasteiger partial charge is 0.493 e. The smallest absolute Gasteiger partial charge is 0.415 e. The fourth-order valence-corrected chi connectivity index (χ4v) is 2.90. The number of hydrogen-bond donors (Lipinski definition) is 4. The Labute approximate surface area is 196 Å². The minimum absolute atomic E-state index is 0.00788. The number of likely N-dealkylation sites (N-methyl/N-ethyl adjacent to an activating group) is 1. The fourth-order valence-electron chi connectivity index (χ4n) is 2.69. The van der Waals surface area contributed by atoms with Gasteiger partial charge in [-0.3, -0.25) is 4.79 Å². The zero-order chi connectivity index (χ0) is 24.6. The molecular formula is C22H36N3O7P. The minimum atomic E-state index is -2.50. The maximum atomic E-state index is 12.2. The number of allylic oxidation sites excluding steroid dienone is 2. The van der Waals surface area contributed by atoms with Crippen LogP contribution in [0.15, 0.2) is 30.4 Å². The molecule has 0 atom stereocenters. The number of carbonyl (C=O) groups is 2. The van der Waals surface area contributed by atoms with Gasteiger partial charge in [0.2, 0.25) is 5.91 Å². The lowest BCUT2D eigenvalue weighted by Gasteiger charge is -2.18. The van der Waals surface area contributed by atoms with Crippen LogP contribution in [0, 0.1) is 5.92 Å². The Hall–Kier alpha value is -2.23. The molecule has 0 unspecified atom stereocenters. The Bertz CT molecular complexity index is 760. The molecule has 0 bridgehead atoms. The Morgan fingerprint density at radius 1 is 1.21 bits per heavy atom. The van der Waals surface area contributed by atoms with E-state index in [2.05, 4.69) is 41.4 Å². The third kappa shape index (κ3) is 13.2. The molecule has 33 heavy (non-hydrogen) atoms. The van der Waals surface area contributed by atoms with Crippen molar-refractivity contribution in [1.29, 1.82) is 0 Å². The molecule has 0 spiro atoms. The SMILES string of the molecule is COc1cc(CNC(=O)CCCC/C=C/C(C)C)ccc1OC(=O)N(C)CCNOP(O)O. The number of nitrogens with zero attached hydrogens (tertiary/aromatic N) is 1. The lowest BCUT2D eigenvalue weighted by atomic mass is 10.1. The van der Waals surface area contributed by atoms with Crippen molar-refractivity contribution in [3.63, 3.8) is 0 Å². The molecule has 0 aromatic heterocycles. The molecule has 1 aromatic rings. The number of amides is 2. The molecule has 0 aliphatic carbocycles. The quantitative estimate of drug-likeness (QED) is 0.129. The molecule has 0 radical (unpaired) electrons. The topological polar surface area (TPSA) is 130 Å². The van der Waals surface area contributed by atoms with Crippen LogP contribution in [0.3, 0.4) is 0 Å². The van der Waals surface area contributed by atoms with Crippen molar-refractivity contribution in [1.82, 2.24) is 15.7 Å². The van der Waals surface area contributed by atoms with Crippen LogP contribution in [0.4, 0.5) is 4.79 Å². The number of benzene rings is 1. The standard InChI is InChI=1S/C22H36N3O7P/c1-17(2)9-7-5-6-8-10-21(26)23-16-18-11-12-19(20(15-18)30-4)31-22(27)25(3)14-13-24-32-33(28)29/h7,9,11-12,15,17,24,28-29H,5-6,8,10,13-14,16H2,1-4H3,(H,23,26)/b9-7+. The maximum Gasteiger partial charge on any atom is 0.415 e. The molecule has 0 heterocycles. The van der Waals surface area contributed by atoms with E-state index in [1.54, 1.807) is 18.2 Å². The van der Waals surface area contributed by atoms with Gasteiger partial charge in [-0.2, -0.15) is 5.48 Å². The van der Waals surface area contributed by atoms with E-state index in [1.165, 1.54) is 19.1 Å². The molecule has 186 valence electrons. The number of carbonyl (C=O) groups excluding carboxylic acids is 2. The molecule has 0 aliphatic heterocycles. The Balaban J connectivity index is 2.44. The first kappa shape index (κ1) is 28.8. The second kappa shape index (κ2) is 16.4. The van der Waals surface area contributed by atoms with Gasteiger partial charge in [0, 0.05) is 33.1 Å². The molecule has 10 nitrogen and oxygen atoms in total. The Morgan fingerprint density at radius 3 is 2.64 bits per heavy atom. The number of rotatable bonds is 15. The van der Waals surface area contributed by atoms with E-state index < -0.39 is 14.7 Å². The summed E-state index contributed by atoms with van der Waals surface area (Å²) in [6.07, 6.45) is 6.99. The highest BCUT2D eigenvalue weighted by Crippen LogP contribution is 2.28. The third-order valence-corrected chi connectivity index (χ3v) is 4.76. The van der Waals surface area contributed by atoms with Gasteiger partial charge in [0.25, 0.3) is 0 Å². The van der Waals surface area contributed by atoms with Gasteiger partial charge in [-0.25, -0.2) is 9.42 Å². The number of hydrogen-bond acceptors (Lipinski definition) is 8. The predicted molar refractivity (Wildman–Crippen MR) is 126 cm³/mol. The van der Waals surface area contributed by atoms with Gasteiger partial charge in [0.1, 0.15) is 0 Å². The lowest BCUT2D eigenvalue weighted by molar-refractivity contribution is -0.121. The summed E-state index contributed by atoms with van der Waals surface area (Å²) in [5, 5.41) is 2.89. The van der Waals surface area contributed by atoms with Crippen LogP contribution in [0.2, 0.25) is 0 Å². The summed E-state index contributed by atoms with van der Waals surface area (Å²) in [6, 6.07) is 5.07. The van der Waals surface area contributed by atoms with E-state index in [0.717, 1.165) is 24.8 Å². The average Bonchev–Trinajstić information content (AvgIpc) is 2.77. The van der Waals surface area contributed by atoms with E-state index in [-0.39, 0.29) is 24.7 Å². The van der Waals surface area contributed by atoms with E-state index >= 15 is 0 Å². The lowest BCUT2D eigenvalue weighted by Crippen LogP contribution is -2.35. The third-order valence-electron chi connectivity index (χ3n) is 4.47. The number of nitrogens with one attached hydrogen (secondary N) is 2. The fraction of sp³-hybridized carbons (Fsp3) is 0.545. The number of unbranched alkanes of at least 4 members (excludes halogenated alkanes) is 2. The number of methoxy groups -OCH3 is 1. The second-order valence-corrected chi connectivity index (χ2v) is 8.40. The van der Waals surface area contributed by atoms with Crippen LogP contribution in [0.25, 0.3) is 0 Å². The summed E-state index contributed by atoms with van der Waals surface area (Å²) in [7, 11) is 0.495. The monoisotopic (exact) mass is 485 g/mol. The van der Waals surface area contributed by atoms with Crippen molar-refractivity contribution in [2.45, 2.75) is 46.1 Å². The number of ether oxygens (including phenoxy) is 2. The van der Waals surface area contributed by atoms with Gasteiger partial charge in [-0.1, -0.05) is 32.1 Å². The van der Waals surface area contributed by atoms with Crippen molar-refractivity contribution in [2.24, 2.45) is 5.92 Å². The molecule has 0 aliphatic rings. The highest BCUT2D eigenvalue weighted by molar-refractivity contribution is 7.39. The highest BCUT2D eigenvalue weighted by Gasteiger charge is 2.15. The molecule has 1 rings (SSSR count). The van der Waals surface area contributed by atoms with E-state index in [1.807, 2.05) is 0 Å². The molecule has 2 amide bonds. The van der Waals surface area contributed by atoms with E-state index in [4.69, 9.17) is 19.3 Å². The van der Waals surface area contributed by atoms with Crippen LogP contribution in [-0.2, 0) is 16.0 Å². The van der Waals surface area contributed by atoms with Gasteiger partial charge in [-0.15, -0.1) is 0 Å². The average molecular weight is 486 g/mol. The molecular weight excluding hydrogens is 449 g/mol. The predicted octanol–water partition coefficient (Wildman–Crippen LogP) is 3.25. The van der Waals surface area contributed by atoms with Gasteiger partial charge in [0.15, 0.2) is 11.5 Å². The molecule has 4 N–H and O–H groups in total. The molecule has 11 heteroatoms. The summed E-state index contributed by atoms with van der Waals surface area (Å²) in [4.78, 5) is 42.9. The van der Waals surface area contributed by atoms with Gasteiger partial charge >= 0.3 is 14.7 Å². The van der Waals surface area contributed by atoms with Crippen molar-refractivity contribution in [3.8, 4) is 11.5 Å². The number of hydroxylamine groups is 1. The minimum Gasteiger partial charge on any atom is -0.493 e. The summed E-state index contributed by atoms with van der Waals surface area (Å²) >= 11 is 0. The van der Waals surface area contributed by atoms with Crippen molar-refractivity contribution < 1.29 is 33.5 Å². The van der Waals surface area contributed by atoms with Crippen LogP contribution in [0.1, 0.15) is 45.1 Å². The van der Waals surface area contributed by atoms with Crippen molar-refractivity contribution in [2.75, 3.05) is 27.2 Å². The molecule has 0 fully saturated rings. The zero-order valence-electron chi connectivity index (χ0n) is 19.7. The normalized spacial score (nSPS) is 11.3. The van der Waals surface area contributed by atoms with Crippen LogP contribution >= 0.6 is 8.60 Å². The summed E-state index contributed by atoms with van der Waals surface area (Å²) < 4.78 is 15.1.